The highest BCUT2D eigenvalue weighted by Gasteiger charge is 2.35. The van der Waals surface area contributed by atoms with Gasteiger partial charge in [0.05, 0.1) is 11.4 Å². The molecule has 6 rings (SSSR count). The molecule has 240 valence electrons. The summed E-state index contributed by atoms with van der Waals surface area (Å²) < 4.78 is 35.5. The summed E-state index contributed by atoms with van der Waals surface area (Å²) in [6.45, 7) is 4.99. The summed E-state index contributed by atoms with van der Waals surface area (Å²) in [5.41, 5.74) is 0.0839. The Balaban J connectivity index is 1.07. The number of piperidine rings is 1. The fourth-order valence-corrected chi connectivity index (χ4v) is 5.91. The minimum atomic E-state index is -0.798. The lowest BCUT2D eigenvalue weighted by atomic mass is 9.97. The standard InChI is InChI=1S/C33H35F2N7O4/c1-20-30(38-33(45)42(20)24-7-5-22(34)6-8-24)31(43)21-4-9-28(27(35)16-21)46-26-10-13-36-29(17-26)37-32(44)40-14-11-23(12-15-40)41-18-25(19-41)39(2)3/h4-10,13,16-17,23,25H,11-12,14-15,18-19H2,1-3H3,(H,38,45)(H,36,37,44). The molecule has 2 amide bonds. The molecule has 0 radical (unpaired) electrons. The number of H-pyrrole nitrogens is 1. The number of nitrogens with zero attached hydrogens (tertiary/aromatic N) is 5. The van der Waals surface area contributed by atoms with Crippen LogP contribution in [0.5, 0.6) is 11.5 Å². The van der Waals surface area contributed by atoms with Crippen molar-refractivity contribution in [2.75, 3.05) is 45.6 Å². The van der Waals surface area contributed by atoms with Crippen molar-refractivity contribution in [2.24, 2.45) is 0 Å². The average molecular weight is 632 g/mol. The molecule has 46 heavy (non-hydrogen) atoms. The molecule has 0 saturated carbocycles. The zero-order chi connectivity index (χ0) is 32.5. The normalized spacial score (nSPS) is 16.0. The van der Waals surface area contributed by atoms with Gasteiger partial charge < -0.3 is 19.5 Å². The lowest BCUT2D eigenvalue weighted by molar-refractivity contribution is 0.00755. The largest absolute Gasteiger partial charge is 0.454 e. The van der Waals surface area contributed by atoms with Crippen LogP contribution in [0, 0.1) is 18.6 Å². The number of aromatic amines is 1. The molecule has 13 heteroatoms. The fraction of sp³-hybridized carbons (Fsp3) is 0.333. The number of ketones is 1. The van der Waals surface area contributed by atoms with Gasteiger partial charge >= 0.3 is 11.7 Å². The summed E-state index contributed by atoms with van der Waals surface area (Å²) >= 11 is 0. The predicted octanol–water partition coefficient (Wildman–Crippen LogP) is 4.41. The van der Waals surface area contributed by atoms with Crippen LogP contribution in [0.3, 0.4) is 0 Å². The van der Waals surface area contributed by atoms with E-state index in [-0.39, 0.29) is 34.6 Å². The summed E-state index contributed by atoms with van der Waals surface area (Å²) in [5.74, 6) is -1.49. The van der Waals surface area contributed by atoms with Gasteiger partial charge in [0, 0.05) is 56.1 Å². The Morgan fingerprint density at radius 2 is 1.74 bits per heavy atom. The fourth-order valence-electron chi connectivity index (χ4n) is 5.91. The molecule has 0 spiro atoms. The molecular formula is C33H35F2N7O4. The number of carbonyl (C=O) groups is 2. The number of nitrogens with one attached hydrogen (secondary N) is 2. The Bertz CT molecular complexity index is 1810. The Hall–Kier alpha value is -4.88. The van der Waals surface area contributed by atoms with E-state index in [9.17, 15) is 18.8 Å². The van der Waals surface area contributed by atoms with Crippen LogP contribution in [0.15, 0.2) is 65.6 Å². The van der Waals surface area contributed by atoms with Crippen LogP contribution in [0.4, 0.5) is 19.4 Å². The second kappa shape index (κ2) is 12.9. The van der Waals surface area contributed by atoms with Gasteiger partial charge in [0.1, 0.15) is 23.1 Å². The molecule has 4 aromatic rings. The molecule has 2 N–H and O–H groups in total. The van der Waals surface area contributed by atoms with Gasteiger partial charge in [-0.3, -0.25) is 19.6 Å². The second-order valence-corrected chi connectivity index (χ2v) is 11.9. The lowest BCUT2D eigenvalue weighted by Crippen LogP contribution is -2.62. The highest BCUT2D eigenvalue weighted by atomic mass is 19.1. The molecular weight excluding hydrogens is 596 g/mol. The topological polar surface area (TPSA) is 116 Å². The molecule has 2 aliphatic heterocycles. The molecule has 2 aromatic heterocycles. The first-order valence-corrected chi connectivity index (χ1v) is 15.1. The van der Waals surface area contributed by atoms with E-state index in [1.165, 1.54) is 59.3 Å². The van der Waals surface area contributed by atoms with Crippen LogP contribution in [-0.4, -0.2) is 93.4 Å². The number of ether oxygens (including phenoxy) is 1. The number of amides is 2. The molecule has 2 saturated heterocycles. The molecule has 2 aromatic carbocycles. The first kappa shape index (κ1) is 31.1. The third-order valence-corrected chi connectivity index (χ3v) is 8.72. The van der Waals surface area contributed by atoms with E-state index in [0.29, 0.717) is 36.6 Å². The predicted molar refractivity (Wildman–Crippen MR) is 168 cm³/mol. The number of imidazole rings is 1. The lowest BCUT2D eigenvalue weighted by Gasteiger charge is -2.49. The van der Waals surface area contributed by atoms with Crippen LogP contribution >= 0.6 is 0 Å². The monoisotopic (exact) mass is 631 g/mol. The number of rotatable bonds is 8. The Morgan fingerprint density at radius 3 is 2.41 bits per heavy atom. The number of hydrogen-bond donors (Lipinski definition) is 2. The maximum absolute atomic E-state index is 15.1. The number of urea groups is 1. The third kappa shape index (κ3) is 6.42. The number of likely N-dealkylation sites (tertiary alicyclic amines) is 2. The van der Waals surface area contributed by atoms with Crippen molar-refractivity contribution in [1.29, 1.82) is 0 Å². The third-order valence-electron chi connectivity index (χ3n) is 8.72. The van der Waals surface area contributed by atoms with E-state index >= 15 is 4.39 Å². The van der Waals surface area contributed by atoms with Crippen molar-refractivity contribution < 1.29 is 23.1 Å². The first-order chi connectivity index (χ1) is 22.1. The summed E-state index contributed by atoms with van der Waals surface area (Å²) in [6, 6.07) is 12.8. The van der Waals surface area contributed by atoms with E-state index in [2.05, 4.69) is 39.2 Å². The van der Waals surface area contributed by atoms with E-state index in [1.54, 1.807) is 11.8 Å². The van der Waals surface area contributed by atoms with E-state index in [0.717, 1.165) is 32.0 Å². The summed E-state index contributed by atoms with van der Waals surface area (Å²) in [6.07, 6.45) is 3.28. The highest BCUT2D eigenvalue weighted by molar-refractivity contribution is 6.08. The van der Waals surface area contributed by atoms with Crippen molar-refractivity contribution in [3.05, 3.63) is 99.9 Å². The van der Waals surface area contributed by atoms with Crippen molar-refractivity contribution in [3.63, 3.8) is 0 Å². The quantitative estimate of drug-likeness (QED) is 0.277. The van der Waals surface area contributed by atoms with Gasteiger partial charge in [0.2, 0.25) is 5.78 Å². The minimum absolute atomic E-state index is 0.00136. The van der Waals surface area contributed by atoms with Crippen molar-refractivity contribution >= 4 is 17.6 Å². The van der Waals surface area contributed by atoms with Gasteiger partial charge in [-0.1, -0.05) is 0 Å². The molecule has 2 fully saturated rings. The SMILES string of the molecule is Cc1c(C(=O)c2ccc(Oc3ccnc(NC(=O)N4CCC(N5CC(N(C)C)C5)CC4)c3)c(F)c2)[nH]c(=O)n1-c1ccc(F)cc1. The average Bonchev–Trinajstić information content (AvgIpc) is 3.31. The Kier molecular flexibility index (Phi) is 8.69. The van der Waals surface area contributed by atoms with Gasteiger partial charge in [0.15, 0.2) is 11.6 Å². The van der Waals surface area contributed by atoms with E-state index in [4.69, 9.17) is 4.74 Å². The number of anilines is 1. The van der Waals surface area contributed by atoms with E-state index in [1.807, 2.05) is 0 Å². The van der Waals surface area contributed by atoms with Crippen LogP contribution < -0.4 is 15.7 Å². The summed E-state index contributed by atoms with van der Waals surface area (Å²) in [7, 11) is 4.20. The van der Waals surface area contributed by atoms with Crippen LogP contribution in [-0.2, 0) is 0 Å². The van der Waals surface area contributed by atoms with Gasteiger partial charge in [0.25, 0.3) is 0 Å². The number of halogens is 2. The van der Waals surface area contributed by atoms with Gasteiger partial charge in [-0.05, 0) is 82.4 Å². The van der Waals surface area contributed by atoms with Crippen molar-refractivity contribution in [2.45, 2.75) is 31.8 Å². The minimum Gasteiger partial charge on any atom is -0.454 e. The molecule has 2 aliphatic rings. The van der Waals surface area contributed by atoms with Crippen molar-refractivity contribution in [1.82, 2.24) is 29.2 Å². The molecule has 4 heterocycles. The summed E-state index contributed by atoms with van der Waals surface area (Å²) in [5, 5.41) is 2.80. The maximum atomic E-state index is 15.1. The van der Waals surface area contributed by atoms with Crippen LogP contribution in [0.1, 0.15) is 34.6 Å². The first-order valence-electron chi connectivity index (χ1n) is 15.1. The maximum Gasteiger partial charge on any atom is 0.330 e. The zero-order valence-electron chi connectivity index (χ0n) is 25.8. The van der Waals surface area contributed by atoms with Gasteiger partial charge in [-0.15, -0.1) is 0 Å². The number of benzene rings is 2. The van der Waals surface area contributed by atoms with Crippen LogP contribution in [0.2, 0.25) is 0 Å². The molecule has 0 atom stereocenters. The Morgan fingerprint density at radius 1 is 1.02 bits per heavy atom. The highest BCUT2D eigenvalue weighted by Crippen LogP contribution is 2.28. The molecule has 0 unspecified atom stereocenters. The number of carbonyl (C=O) groups excluding carboxylic acids is 2. The molecule has 11 nitrogen and oxygen atoms in total. The summed E-state index contributed by atoms with van der Waals surface area (Å²) in [4.78, 5) is 52.0. The Labute approximate surface area is 264 Å². The van der Waals surface area contributed by atoms with Crippen molar-refractivity contribution in [3.8, 4) is 17.2 Å². The van der Waals surface area contributed by atoms with E-state index < -0.39 is 23.1 Å². The van der Waals surface area contributed by atoms with Gasteiger partial charge in [-0.25, -0.2) is 23.4 Å². The number of likely N-dealkylation sites (N-methyl/N-ethyl adjacent to an activating group) is 1. The van der Waals surface area contributed by atoms with Gasteiger partial charge in [-0.2, -0.15) is 0 Å². The van der Waals surface area contributed by atoms with Crippen LogP contribution in [0.25, 0.3) is 5.69 Å². The smallest absolute Gasteiger partial charge is 0.330 e. The molecule has 0 aliphatic carbocycles. The number of aromatic nitrogens is 3. The zero-order valence-corrected chi connectivity index (χ0v) is 25.8. The number of pyridine rings is 1. The number of hydrogen-bond acceptors (Lipinski definition) is 7. The molecule has 0 bridgehead atoms. The second-order valence-electron chi connectivity index (χ2n) is 11.9.